The summed E-state index contributed by atoms with van der Waals surface area (Å²) in [4.78, 5) is 7.32. The number of guanidine groups is 1. The zero-order chi connectivity index (χ0) is 17.1. The smallest absolute Gasteiger partial charge is 0.191 e. The summed E-state index contributed by atoms with van der Waals surface area (Å²) in [6, 6.07) is 0.447. The van der Waals surface area contributed by atoms with Crippen LogP contribution in [0, 0.1) is 0 Å². The van der Waals surface area contributed by atoms with Gasteiger partial charge in [-0.05, 0) is 58.0 Å². The van der Waals surface area contributed by atoms with Crippen molar-refractivity contribution < 1.29 is 4.74 Å². The lowest BCUT2D eigenvalue weighted by Gasteiger charge is -2.48. The van der Waals surface area contributed by atoms with Gasteiger partial charge in [-0.3, -0.25) is 9.89 Å². The van der Waals surface area contributed by atoms with E-state index in [1.165, 1.54) is 77.3 Å². The number of piperidine rings is 1. The van der Waals surface area contributed by atoms with Gasteiger partial charge in [-0.1, -0.05) is 25.7 Å². The lowest BCUT2D eigenvalue weighted by atomic mass is 9.79. The van der Waals surface area contributed by atoms with Crippen LogP contribution in [0.25, 0.3) is 0 Å². The molecule has 0 aromatic carbocycles. The molecule has 6 heteroatoms. The van der Waals surface area contributed by atoms with E-state index in [9.17, 15) is 0 Å². The SMILES string of the molecule is CN=C(NCC1(N2CCCCC2)CCCCC1)NC1CC2CCC1O2.I. The summed E-state index contributed by atoms with van der Waals surface area (Å²) in [6.07, 6.45) is 15.5. The van der Waals surface area contributed by atoms with Gasteiger partial charge in [0.2, 0.25) is 0 Å². The molecule has 1 aliphatic carbocycles. The highest BCUT2D eigenvalue weighted by molar-refractivity contribution is 14.0. The number of nitrogens with zero attached hydrogens (tertiary/aromatic N) is 2. The standard InChI is InChI=1S/C20H36N4O.HI/c1-21-19(23-17-14-16-8-9-18(17)25-16)22-15-20(10-4-2-5-11-20)24-12-6-3-7-13-24;/h16-18H,2-15H2,1H3,(H2,21,22,23);1H. The Labute approximate surface area is 176 Å². The van der Waals surface area contributed by atoms with Crippen LogP contribution >= 0.6 is 24.0 Å². The third kappa shape index (κ3) is 4.49. The second-order valence-corrected chi connectivity index (χ2v) is 8.62. The van der Waals surface area contributed by atoms with Crippen LogP contribution in [0.3, 0.4) is 0 Å². The maximum absolute atomic E-state index is 5.99. The highest BCUT2D eigenvalue weighted by atomic mass is 127. The fourth-order valence-corrected chi connectivity index (χ4v) is 5.59. The minimum atomic E-state index is 0. The summed E-state index contributed by atoms with van der Waals surface area (Å²) in [6.45, 7) is 3.61. The van der Waals surface area contributed by atoms with Crippen molar-refractivity contribution in [1.29, 1.82) is 0 Å². The molecule has 3 unspecified atom stereocenters. The van der Waals surface area contributed by atoms with Crippen molar-refractivity contribution in [2.75, 3.05) is 26.7 Å². The molecule has 5 nitrogen and oxygen atoms in total. The van der Waals surface area contributed by atoms with Crippen LogP contribution in [0.4, 0.5) is 0 Å². The van der Waals surface area contributed by atoms with Gasteiger partial charge in [0, 0.05) is 19.1 Å². The van der Waals surface area contributed by atoms with E-state index in [1.807, 2.05) is 7.05 Å². The molecule has 3 saturated heterocycles. The monoisotopic (exact) mass is 476 g/mol. The molecule has 3 atom stereocenters. The third-order valence-electron chi connectivity index (χ3n) is 7.05. The summed E-state index contributed by atoms with van der Waals surface area (Å²) >= 11 is 0. The number of likely N-dealkylation sites (tertiary alicyclic amines) is 1. The third-order valence-corrected chi connectivity index (χ3v) is 7.05. The Morgan fingerprint density at radius 1 is 1.08 bits per heavy atom. The number of nitrogens with one attached hydrogen (secondary N) is 2. The first-order valence-electron chi connectivity index (χ1n) is 10.7. The van der Waals surface area contributed by atoms with E-state index in [1.54, 1.807) is 0 Å². The van der Waals surface area contributed by atoms with Crippen LogP contribution in [0.15, 0.2) is 4.99 Å². The first-order valence-corrected chi connectivity index (χ1v) is 10.7. The molecule has 0 aromatic rings. The summed E-state index contributed by atoms with van der Waals surface area (Å²) in [5.41, 5.74) is 0.349. The second-order valence-electron chi connectivity index (χ2n) is 8.62. The van der Waals surface area contributed by atoms with E-state index in [-0.39, 0.29) is 24.0 Å². The molecule has 4 rings (SSSR count). The zero-order valence-electron chi connectivity index (χ0n) is 16.3. The quantitative estimate of drug-likeness (QED) is 0.372. The zero-order valence-corrected chi connectivity index (χ0v) is 18.7. The van der Waals surface area contributed by atoms with Gasteiger partial charge in [0.15, 0.2) is 5.96 Å². The number of rotatable bonds is 4. The Morgan fingerprint density at radius 3 is 2.42 bits per heavy atom. The Kier molecular flexibility index (Phi) is 7.48. The van der Waals surface area contributed by atoms with Crippen LogP contribution in [-0.2, 0) is 4.74 Å². The largest absolute Gasteiger partial charge is 0.373 e. The van der Waals surface area contributed by atoms with Crippen LogP contribution in [0.5, 0.6) is 0 Å². The molecule has 26 heavy (non-hydrogen) atoms. The molecule has 0 amide bonds. The molecular formula is C20H37IN4O. The highest BCUT2D eigenvalue weighted by Crippen LogP contribution is 2.36. The molecule has 2 N–H and O–H groups in total. The number of halogens is 1. The van der Waals surface area contributed by atoms with E-state index in [4.69, 9.17) is 4.74 Å². The van der Waals surface area contributed by atoms with E-state index < -0.39 is 0 Å². The van der Waals surface area contributed by atoms with Crippen molar-refractivity contribution in [3.63, 3.8) is 0 Å². The van der Waals surface area contributed by atoms with Crippen molar-refractivity contribution >= 4 is 29.9 Å². The molecule has 0 radical (unpaired) electrons. The van der Waals surface area contributed by atoms with Gasteiger partial charge in [0.1, 0.15) is 0 Å². The van der Waals surface area contributed by atoms with Crippen LogP contribution < -0.4 is 10.6 Å². The topological polar surface area (TPSA) is 48.9 Å². The fraction of sp³-hybridized carbons (Fsp3) is 0.950. The van der Waals surface area contributed by atoms with Gasteiger partial charge in [-0.15, -0.1) is 24.0 Å². The average Bonchev–Trinajstić information content (AvgIpc) is 3.29. The Bertz CT molecular complexity index is 474. The van der Waals surface area contributed by atoms with E-state index in [0.29, 0.717) is 23.8 Å². The van der Waals surface area contributed by atoms with Crippen molar-refractivity contribution in [1.82, 2.24) is 15.5 Å². The van der Waals surface area contributed by atoms with Gasteiger partial charge in [-0.25, -0.2) is 0 Å². The van der Waals surface area contributed by atoms with Gasteiger partial charge in [0.05, 0.1) is 18.2 Å². The molecule has 1 saturated carbocycles. The molecule has 3 heterocycles. The summed E-state index contributed by atoms with van der Waals surface area (Å²) < 4.78 is 5.99. The number of hydrogen-bond donors (Lipinski definition) is 2. The lowest BCUT2D eigenvalue weighted by molar-refractivity contribution is 0.0367. The molecule has 150 valence electrons. The first-order chi connectivity index (χ1) is 12.3. The maximum atomic E-state index is 5.99. The van der Waals surface area contributed by atoms with Crippen molar-refractivity contribution in [3.8, 4) is 0 Å². The minimum absolute atomic E-state index is 0. The first kappa shape index (κ1) is 20.6. The molecule has 4 fully saturated rings. The van der Waals surface area contributed by atoms with Gasteiger partial charge in [0.25, 0.3) is 0 Å². The Hall–Kier alpha value is -0.0800. The van der Waals surface area contributed by atoms with Crippen LogP contribution in [0.2, 0.25) is 0 Å². The normalized spacial score (nSPS) is 34.3. The fourth-order valence-electron chi connectivity index (χ4n) is 5.59. The molecule has 0 aromatic heterocycles. The number of hydrogen-bond acceptors (Lipinski definition) is 3. The molecule has 2 bridgehead atoms. The van der Waals surface area contributed by atoms with Crippen molar-refractivity contribution in [2.45, 2.75) is 94.4 Å². The van der Waals surface area contributed by atoms with Gasteiger partial charge >= 0.3 is 0 Å². The molecular weight excluding hydrogens is 439 g/mol. The second kappa shape index (κ2) is 9.41. The number of fused-ring (bicyclic) bond motifs is 2. The number of aliphatic imine (C=N–C) groups is 1. The lowest BCUT2D eigenvalue weighted by Crippen LogP contribution is -2.60. The minimum Gasteiger partial charge on any atom is -0.373 e. The van der Waals surface area contributed by atoms with Gasteiger partial charge < -0.3 is 15.4 Å². The molecule has 4 aliphatic rings. The Balaban J connectivity index is 0.00000196. The van der Waals surface area contributed by atoms with Crippen LogP contribution in [-0.4, -0.2) is 61.3 Å². The van der Waals surface area contributed by atoms with Crippen molar-refractivity contribution in [3.05, 3.63) is 0 Å². The number of ether oxygens (including phenoxy) is 1. The van der Waals surface area contributed by atoms with Crippen molar-refractivity contribution in [2.24, 2.45) is 4.99 Å². The van der Waals surface area contributed by atoms with Gasteiger partial charge in [-0.2, -0.15) is 0 Å². The highest BCUT2D eigenvalue weighted by Gasteiger charge is 2.42. The summed E-state index contributed by atoms with van der Waals surface area (Å²) in [7, 11) is 1.90. The Morgan fingerprint density at radius 2 is 1.81 bits per heavy atom. The molecule has 3 aliphatic heterocycles. The van der Waals surface area contributed by atoms with Crippen LogP contribution in [0.1, 0.15) is 70.6 Å². The van der Waals surface area contributed by atoms with E-state index in [0.717, 1.165) is 18.9 Å². The average molecular weight is 476 g/mol. The predicted octanol–water partition coefficient (Wildman–Crippen LogP) is 3.28. The molecule has 0 spiro atoms. The maximum Gasteiger partial charge on any atom is 0.191 e. The summed E-state index contributed by atoms with van der Waals surface area (Å²) in [5.74, 6) is 0.975. The predicted molar refractivity (Wildman–Crippen MR) is 117 cm³/mol. The summed E-state index contributed by atoms with van der Waals surface area (Å²) in [5, 5.41) is 7.36. The van der Waals surface area contributed by atoms with E-state index in [2.05, 4.69) is 20.5 Å². The van der Waals surface area contributed by atoms with E-state index >= 15 is 0 Å².